The molecule has 1 saturated heterocycles. The zero-order valence-electron chi connectivity index (χ0n) is 19.7. The van der Waals surface area contributed by atoms with Crippen molar-refractivity contribution in [1.82, 2.24) is 4.72 Å². The second-order valence-corrected chi connectivity index (χ2v) is 11.8. The lowest BCUT2D eigenvalue weighted by molar-refractivity contribution is -0.120. The van der Waals surface area contributed by atoms with Gasteiger partial charge in [0.1, 0.15) is 5.82 Å². The van der Waals surface area contributed by atoms with Gasteiger partial charge in [-0.2, -0.15) is 0 Å². The second-order valence-electron chi connectivity index (χ2n) is 9.54. The van der Waals surface area contributed by atoms with Gasteiger partial charge in [0.25, 0.3) is 0 Å². The van der Waals surface area contributed by atoms with E-state index in [0.29, 0.717) is 50.1 Å². The lowest BCUT2D eigenvalue weighted by Crippen LogP contribution is -2.46. The van der Waals surface area contributed by atoms with E-state index in [1.807, 2.05) is 31.7 Å². The van der Waals surface area contributed by atoms with Crippen LogP contribution in [0.25, 0.3) is 0 Å². The molecule has 0 spiro atoms. The van der Waals surface area contributed by atoms with Crippen LogP contribution < -0.4 is 14.9 Å². The van der Waals surface area contributed by atoms with Crippen molar-refractivity contribution in [1.29, 1.82) is 0 Å². The molecule has 0 bridgehead atoms. The van der Waals surface area contributed by atoms with Gasteiger partial charge in [0.2, 0.25) is 15.9 Å². The van der Waals surface area contributed by atoms with Gasteiger partial charge >= 0.3 is 0 Å². The van der Waals surface area contributed by atoms with Crippen molar-refractivity contribution in [3.63, 3.8) is 0 Å². The van der Waals surface area contributed by atoms with E-state index in [1.165, 1.54) is 6.07 Å². The third-order valence-corrected chi connectivity index (χ3v) is 8.21. The van der Waals surface area contributed by atoms with Crippen LogP contribution in [-0.2, 0) is 19.6 Å². The second kappa shape index (κ2) is 10.1. The summed E-state index contributed by atoms with van der Waals surface area (Å²) in [7, 11) is -3.32. The summed E-state index contributed by atoms with van der Waals surface area (Å²) < 4.78 is 47.6. The average Bonchev–Trinajstić information content (AvgIpc) is 2.66. The molecule has 9 heteroatoms. The van der Waals surface area contributed by atoms with E-state index in [0.717, 1.165) is 5.56 Å². The highest BCUT2D eigenvalue weighted by Crippen LogP contribution is 2.31. The molecule has 1 aromatic rings. The third kappa shape index (κ3) is 5.99. The van der Waals surface area contributed by atoms with Crippen molar-refractivity contribution in [2.45, 2.75) is 83.8 Å². The number of hydrogen-bond donors (Lipinski definition) is 2. The number of nitrogens with zero attached hydrogens (tertiary/aromatic N) is 1. The zero-order valence-corrected chi connectivity index (χ0v) is 20.5. The Morgan fingerprint density at radius 1 is 1.12 bits per heavy atom. The summed E-state index contributed by atoms with van der Waals surface area (Å²) in [5.74, 6) is -0.706. The number of carbonyl (C=O) groups excluding carboxylic acids is 1. The van der Waals surface area contributed by atoms with Crippen LogP contribution in [0.1, 0.15) is 58.9 Å². The van der Waals surface area contributed by atoms with E-state index in [4.69, 9.17) is 4.74 Å². The van der Waals surface area contributed by atoms with E-state index in [9.17, 15) is 13.2 Å². The zero-order chi connectivity index (χ0) is 23.6. The smallest absolute Gasteiger partial charge is 0.227 e. The molecule has 2 fully saturated rings. The molecule has 1 saturated carbocycles. The van der Waals surface area contributed by atoms with Crippen LogP contribution >= 0.6 is 0 Å². The minimum absolute atomic E-state index is 0.0251. The molecule has 32 heavy (non-hydrogen) atoms. The van der Waals surface area contributed by atoms with Gasteiger partial charge in [-0.15, -0.1) is 0 Å². The molecule has 0 aromatic heterocycles. The lowest BCUT2D eigenvalue weighted by atomic mass is 9.86. The maximum absolute atomic E-state index is 15.0. The summed E-state index contributed by atoms with van der Waals surface area (Å²) in [5.41, 5.74) is 1.78. The van der Waals surface area contributed by atoms with Crippen molar-refractivity contribution >= 4 is 27.3 Å². The first-order valence-electron chi connectivity index (χ1n) is 11.5. The summed E-state index contributed by atoms with van der Waals surface area (Å²) in [6, 6.07) is 3.06. The molecule has 1 aliphatic heterocycles. The summed E-state index contributed by atoms with van der Waals surface area (Å²) in [6.45, 7) is 10.3. The number of halogens is 1. The summed E-state index contributed by atoms with van der Waals surface area (Å²) in [4.78, 5) is 14.8. The van der Waals surface area contributed by atoms with Crippen LogP contribution in [0.3, 0.4) is 0 Å². The number of amides is 1. The quantitative estimate of drug-likeness (QED) is 0.665. The van der Waals surface area contributed by atoms with Crippen molar-refractivity contribution in [3.05, 3.63) is 23.5 Å². The standard InChI is InChI=1S/C23H36FN3O4S/c1-14(2)32(29,30)26-19-8-6-18(7-9-19)23(28)25-20-10-15(3)22(21(24)11-20)27-12-16(4)31-17(5)13-27/h10-11,14,16-19,26H,6-9,12-13H2,1-5H3,(H,25,28)/t16-,17+,18-,19-. The largest absolute Gasteiger partial charge is 0.372 e. The minimum atomic E-state index is -3.32. The highest BCUT2D eigenvalue weighted by molar-refractivity contribution is 7.90. The molecule has 180 valence electrons. The molecule has 1 amide bonds. The predicted octanol–water partition coefficient (Wildman–Crippen LogP) is 3.57. The summed E-state index contributed by atoms with van der Waals surface area (Å²) in [5, 5.41) is 2.38. The lowest BCUT2D eigenvalue weighted by Gasteiger charge is -2.37. The van der Waals surface area contributed by atoms with Crippen LogP contribution in [0.2, 0.25) is 0 Å². The van der Waals surface area contributed by atoms with Crippen molar-refractivity contribution in [2.75, 3.05) is 23.3 Å². The summed E-state index contributed by atoms with van der Waals surface area (Å²) >= 11 is 0. The molecule has 2 aliphatic rings. The maximum Gasteiger partial charge on any atom is 0.227 e. The number of aryl methyl sites for hydroxylation is 1. The average molecular weight is 470 g/mol. The van der Waals surface area contributed by atoms with E-state index in [2.05, 4.69) is 10.0 Å². The highest BCUT2D eigenvalue weighted by atomic mass is 32.2. The van der Waals surface area contributed by atoms with Crippen molar-refractivity contribution in [2.24, 2.45) is 5.92 Å². The van der Waals surface area contributed by atoms with Gasteiger partial charge in [0.05, 0.1) is 23.1 Å². The van der Waals surface area contributed by atoms with E-state index in [1.54, 1.807) is 13.8 Å². The van der Waals surface area contributed by atoms with E-state index < -0.39 is 15.3 Å². The number of benzene rings is 1. The fraction of sp³-hybridized carbons (Fsp3) is 0.696. The number of ether oxygens (including phenoxy) is 1. The number of carbonyl (C=O) groups is 1. The molecular weight excluding hydrogens is 433 g/mol. The number of rotatable bonds is 6. The predicted molar refractivity (Wildman–Crippen MR) is 125 cm³/mol. The molecule has 7 nitrogen and oxygen atoms in total. The van der Waals surface area contributed by atoms with Crippen LogP contribution in [0.5, 0.6) is 0 Å². The van der Waals surface area contributed by atoms with Crippen molar-refractivity contribution in [3.8, 4) is 0 Å². The number of anilines is 2. The molecule has 1 heterocycles. The molecule has 2 atom stereocenters. The Bertz CT molecular complexity index is 896. The first kappa shape index (κ1) is 24.9. The van der Waals surface area contributed by atoms with Gasteiger partial charge in [0.15, 0.2) is 0 Å². The normalized spacial score (nSPS) is 26.9. The molecule has 1 aliphatic carbocycles. The minimum Gasteiger partial charge on any atom is -0.372 e. The number of hydrogen-bond acceptors (Lipinski definition) is 5. The van der Waals surface area contributed by atoms with Crippen LogP contribution in [0.15, 0.2) is 12.1 Å². The van der Waals surface area contributed by atoms with Gasteiger partial charge in [-0.1, -0.05) is 0 Å². The van der Waals surface area contributed by atoms with Gasteiger partial charge in [-0.25, -0.2) is 17.5 Å². The Morgan fingerprint density at radius 2 is 1.72 bits per heavy atom. The molecular formula is C23H36FN3O4S. The molecule has 0 radical (unpaired) electrons. The van der Waals surface area contributed by atoms with Gasteiger partial charge in [0, 0.05) is 30.7 Å². The Labute approximate surface area is 191 Å². The van der Waals surface area contributed by atoms with Gasteiger partial charge in [-0.05, 0) is 78.0 Å². The highest BCUT2D eigenvalue weighted by Gasteiger charge is 2.30. The monoisotopic (exact) mass is 469 g/mol. The SMILES string of the molecule is Cc1cc(NC(=O)[C@H]2CC[C@H](NS(=O)(=O)C(C)C)CC2)cc(F)c1N1C[C@@H](C)O[C@@H](C)C1. The third-order valence-electron chi connectivity index (χ3n) is 6.31. The van der Waals surface area contributed by atoms with Crippen molar-refractivity contribution < 1.29 is 22.3 Å². The Hall–Kier alpha value is -1.71. The number of nitrogens with one attached hydrogen (secondary N) is 2. The Morgan fingerprint density at radius 3 is 2.25 bits per heavy atom. The fourth-order valence-electron chi connectivity index (χ4n) is 4.66. The molecule has 3 rings (SSSR count). The topological polar surface area (TPSA) is 87.7 Å². The van der Waals surface area contributed by atoms with Crippen LogP contribution in [-0.4, -0.2) is 50.9 Å². The number of sulfonamides is 1. The van der Waals surface area contributed by atoms with E-state index >= 15 is 4.39 Å². The molecule has 2 N–H and O–H groups in total. The fourth-order valence-corrected chi connectivity index (χ4v) is 5.63. The first-order chi connectivity index (χ1) is 15.0. The van der Waals surface area contributed by atoms with Gasteiger partial charge in [-0.3, -0.25) is 4.79 Å². The Balaban J connectivity index is 1.60. The van der Waals surface area contributed by atoms with Crippen LogP contribution in [0.4, 0.5) is 15.8 Å². The van der Waals surface area contributed by atoms with Gasteiger partial charge < -0.3 is 15.0 Å². The van der Waals surface area contributed by atoms with E-state index in [-0.39, 0.29) is 35.9 Å². The number of morpholine rings is 1. The molecule has 0 unspecified atom stereocenters. The maximum atomic E-state index is 15.0. The Kier molecular flexibility index (Phi) is 7.83. The first-order valence-corrected chi connectivity index (χ1v) is 13.0. The molecule has 1 aromatic carbocycles. The summed E-state index contributed by atoms with van der Waals surface area (Å²) in [6.07, 6.45) is 2.47. The van der Waals surface area contributed by atoms with Crippen LogP contribution in [0, 0.1) is 18.7 Å².